The highest BCUT2D eigenvalue weighted by atomic mass is 16.5. The molecule has 0 aromatic heterocycles. The minimum atomic E-state index is 0.270. The van der Waals surface area contributed by atoms with Crippen molar-refractivity contribution in [3.8, 4) is 0 Å². The molecule has 17 heavy (non-hydrogen) atoms. The Labute approximate surface area is 106 Å². The Hall–Kier alpha value is -0.810. The van der Waals surface area contributed by atoms with Gasteiger partial charge in [0.1, 0.15) is 0 Å². The lowest BCUT2D eigenvalue weighted by Gasteiger charge is -2.17. The lowest BCUT2D eigenvalue weighted by Crippen LogP contribution is -2.44. The molecular formula is C12H28N4O. The summed E-state index contributed by atoms with van der Waals surface area (Å²) in [6, 6.07) is 0.270. The quantitative estimate of drug-likeness (QED) is 0.371. The molecule has 0 aliphatic carbocycles. The first kappa shape index (κ1) is 16.2. The smallest absolute Gasteiger partial charge is 0.191 e. The number of guanidine groups is 1. The van der Waals surface area contributed by atoms with Crippen LogP contribution in [0.3, 0.4) is 0 Å². The van der Waals surface area contributed by atoms with Gasteiger partial charge in [0.15, 0.2) is 5.96 Å². The number of ether oxygens (including phenoxy) is 1. The van der Waals surface area contributed by atoms with Gasteiger partial charge < -0.3 is 20.3 Å². The molecule has 0 radical (unpaired) electrons. The van der Waals surface area contributed by atoms with Crippen LogP contribution in [-0.2, 0) is 4.74 Å². The minimum absolute atomic E-state index is 0.270. The molecule has 1 atom stereocenters. The van der Waals surface area contributed by atoms with E-state index in [4.69, 9.17) is 4.74 Å². The molecule has 0 saturated heterocycles. The molecule has 0 spiro atoms. The van der Waals surface area contributed by atoms with Crippen LogP contribution in [0.2, 0.25) is 0 Å². The maximum atomic E-state index is 5.09. The van der Waals surface area contributed by atoms with Gasteiger partial charge in [-0.15, -0.1) is 0 Å². The van der Waals surface area contributed by atoms with Crippen molar-refractivity contribution in [1.82, 2.24) is 15.5 Å². The van der Waals surface area contributed by atoms with Crippen LogP contribution in [-0.4, -0.2) is 64.3 Å². The van der Waals surface area contributed by atoms with E-state index in [0.29, 0.717) is 6.61 Å². The van der Waals surface area contributed by atoms with E-state index in [1.165, 1.54) is 0 Å². The second-order valence-corrected chi connectivity index (χ2v) is 4.42. The molecule has 0 saturated carbocycles. The van der Waals surface area contributed by atoms with E-state index in [0.717, 1.165) is 32.0 Å². The lowest BCUT2D eigenvalue weighted by atomic mass is 10.4. The molecule has 0 rings (SSSR count). The average Bonchev–Trinajstić information content (AvgIpc) is 2.24. The molecule has 0 amide bonds. The van der Waals surface area contributed by atoms with Gasteiger partial charge in [0.05, 0.1) is 6.61 Å². The maximum Gasteiger partial charge on any atom is 0.191 e. The highest BCUT2D eigenvalue weighted by Gasteiger charge is 2.03. The fraction of sp³-hybridized carbons (Fsp3) is 0.917. The first-order valence-corrected chi connectivity index (χ1v) is 6.28. The van der Waals surface area contributed by atoms with E-state index >= 15 is 0 Å². The van der Waals surface area contributed by atoms with Gasteiger partial charge in [0, 0.05) is 26.2 Å². The fourth-order valence-electron chi connectivity index (χ4n) is 1.42. The third-order valence-electron chi connectivity index (χ3n) is 2.18. The Morgan fingerprint density at radius 2 is 2.12 bits per heavy atom. The van der Waals surface area contributed by atoms with E-state index in [2.05, 4.69) is 48.5 Å². The summed E-state index contributed by atoms with van der Waals surface area (Å²) < 4.78 is 5.09. The molecular weight excluding hydrogens is 216 g/mol. The molecule has 0 fully saturated rings. The summed E-state index contributed by atoms with van der Waals surface area (Å²) in [7, 11) is 5.86. The lowest BCUT2D eigenvalue weighted by molar-refractivity contribution is 0.179. The number of rotatable bonds is 8. The number of methoxy groups -OCH3 is 1. The van der Waals surface area contributed by atoms with Gasteiger partial charge in [-0.3, -0.25) is 4.99 Å². The molecule has 0 aromatic rings. The second kappa shape index (κ2) is 10.4. The Morgan fingerprint density at radius 3 is 2.65 bits per heavy atom. The first-order chi connectivity index (χ1) is 8.10. The number of nitrogens with one attached hydrogen (secondary N) is 2. The summed E-state index contributed by atoms with van der Waals surface area (Å²) >= 11 is 0. The van der Waals surface area contributed by atoms with Gasteiger partial charge in [-0.2, -0.15) is 0 Å². The van der Waals surface area contributed by atoms with Crippen LogP contribution >= 0.6 is 0 Å². The van der Waals surface area contributed by atoms with Gasteiger partial charge in [-0.25, -0.2) is 0 Å². The number of hydrogen-bond acceptors (Lipinski definition) is 3. The maximum absolute atomic E-state index is 5.09. The Bertz CT molecular complexity index is 207. The summed E-state index contributed by atoms with van der Waals surface area (Å²) in [5, 5.41) is 6.54. The van der Waals surface area contributed by atoms with Crippen LogP contribution in [0.1, 0.15) is 20.3 Å². The van der Waals surface area contributed by atoms with Gasteiger partial charge in [0.25, 0.3) is 0 Å². The number of aliphatic imine (C=N–C) groups is 1. The van der Waals surface area contributed by atoms with Crippen LogP contribution in [0.25, 0.3) is 0 Å². The largest absolute Gasteiger partial charge is 0.383 e. The molecule has 0 aliphatic heterocycles. The molecule has 5 nitrogen and oxygen atoms in total. The number of hydrogen-bond donors (Lipinski definition) is 2. The first-order valence-electron chi connectivity index (χ1n) is 6.28. The van der Waals surface area contributed by atoms with Crippen molar-refractivity contribution in [2.75, 3.05) is 47.4 Å². The van der Waals surface area contributed by atoms with Crippen LogP contribution in [0, 0.1) is 0 Å². The van der Waals surface area contributed by atoms with E-state index in [1.54, 1.807) is 7.11 Å². The highest BCUT2D eigenvalue weighted by Crippen LogP contribution is 1.87. The molecule has 5 heteroatoms. The summed E-state index contributed by atoms with van der Waals surface area (Å²) in [6.07, 6.45) is 1.07. The van der Waals surface area contributed by atoms with Crippen LogP contribution < -0.4 is 10.6 Å². The van der Waals surface area contributed by atoms with Gasteiger partial charge in [-0.1, -0.05) is 0 Å². The zero-order chi connectivity index (χ0) is 13.1. The Kier molecular flexibility index (Phi) is 9.86. The second-order valence-electron chi connectivity index (χ2n) is 4.42. The monoisotopic (exact) mass is 244 g/mol. The molecule has 2 N–H and O–H groups in total. The van der Waals surface area contributed by atoms with E-state index in [-0.39, 0.29) is 6.04 Å². The highest BCUT2D eigenvalue weighted by molar-refractivity contribution is 5.80. The summed E-state index contributed by atoms with van der Waals surface area (Å²) in [6.45, 7) is 7.61. The van der Waals surface area contributed by atoms with Crippen molar-refractivity contribution in [2.45, 2.75) is 26.3 Å². The van der Waals surface area contributed by atoms with Crippen molar-refractivity contribution in [2.24, 2.45) is 4.99 Å². The summed E-state index contributed by atoms with van der Waals surface area (Å²) in [5.41, 5.74) is 0. The topological polar surface area (TPSA) is 48.9 Å². The standard InChI is InChI=1S/C12H28N4O/c1-6-13-12(15-11(2)10-17-5)14-8-7-9-16(3)4/h11H,6-10H2,1-5H3,(H2,13,14,15). The molecule has 0 heterocycles. The SMILES string of the molecule is CCNC(=NCCCN(C)C)NC(C)COC. The van der Waals surface area contributed by atoms with Crippen molar-refractivity contribution in [1.29, 1.82) is 0 Å². The summed E-state index contributed by atoms with van der Waals surface area (Å²) in [5.74, 6) is 0.871. The van der Waals surface area contributed by atoms with E-state index in [9.17, 15) is 0 Å². The number of nitrogens with zero attached hydrogens (tertiary/aromatic N) is 2. The Balaban J connectivity index is 3.98. The van der Waals surface area contributed by atoms with Crippen molar-refractivity contribution in [3.63, 3.8) is 0 Å². The molecule has 1 unspecified atom stereocenters. The van der Waals surface area contributed by atoms with Crippen LogP contribution in [0.4, 0.5) is 0 Å². The molecule has 102 valence electrons. The van der Waals surface area contributed by atoms with Crippen LogP contribution in [0.5, 0.6) is 0 Å². The van der Waals surface area contributed by atoms with Gasteiger partial charge >= 0.3 is 0 Å². The summed E-state index contributed by atoms with van der Waals surface area (Å²) in [4.78, 5) is 6.69. The van der Waals surface area contributed by atoms with E-state index < -0.39 is 0 Å². The normalized spacial score (nSPS) is 13.9. The minimum Gasteiger partial charge on any atom is -0.383 e. The zero-order valence-electron chi connectivity index (χ0n) is 11.9. The fourth-order valence-corrected chi connectivity index (χ4v) is 1.42. The Morgan fingerprint density at radius 1 is 1.41 bits per heavy atom. The molecule has 0 bridgehead atoms. The molecule has 0 aromatic carbocycles. The van der Waals surface area contributed by atoms with Gasteiger partial charge in [-0.05, 0) is 40.9 Å². The van der Waals surface area contributed by atoms with Crippen molar-refractivity contribution in [3.05, 3.63) is 0 Å². The van der Waals surface area contributed by atoms with Crippen molar-refractivity contribution >= 4 is 5.96 Å². The van der Waals surface area contributed by atoms with Gasteiger partial charge in [0.2, 0.25) is 0 Å². The predicted octanol–water partition coefficient (Wildman–Crippen LogP) is 0.528. The third kappa shape index (κ3) is 10.1. The average molecular weight is 244 g/mol. The van der Waals surface area contributed by atoms with E-state index in [1.807, 2.05) is 0 Å². The predicted molar refractivity (Wildman–Crippen MR) is 73.6 cm³/mol. The van der Waals surface area contributed by atoms with Crippen molar-refractivity contribution < 1.29 is 4.74 Å². The van der Waals surface area contributed by atoms with Crippen LogP contribution in [0.15, 0.2) is 4.99 Å². The third-order valence-corrected chi connectivity index (χ3v) is 2.18. The zero-order valence-corrected chi connectivity index (χ0v) is 11.9. The molecule has 0 aliphatic rings.